The number of nitrogens with one attached hydrogen (secondary N) is 1. The molecule has 7 heteroatoms. The molecule has 0 unspecified atom stereocenters. The molecular formula is C19H25N5O2. The molecule has 2 heterocycles. The average Bonchev–Trinajstić information content (AvgIpc) is 2.72. The number of piperazine rings is 1. The van der Waals surface area contributed by atoms with Gasteiger partial charge in [-0.2, -0.15) is 0 Å². The zero-order valence-electron chi connectivity index (χ0n) is 15.3. The number of amides is 1. The van der Waals surface area contributed by atoms with Crippen molar-refractivity contribution in [1.82, 2.24) is 20.2 Å². The standard InChI is InChI=1S/C19H25N5O2/c1-15(18(25)22-14-16-6-3-4-7-17(16)26-2)23-10-12-24(13-11-23)19-20-8-5-9-21-19/h3-9,15H,10-14H2,1-2H3,(H,22,25)/t15-/m1/s1. The van der Waals surface area contributed by atoms with E-state index in [0.29, 0.717) is 6.54 Å². The highest BCUT2D eigenvalue weighted by Gasteiger charge is 2.26. The van der Waals surface area contributed by atoms with Crippen molar-refractivity contribution in [2.75, 3.05) is 38.2 Å². The predicted octanol–water partition coefficient (Wildman–Crippen LogP) is 1.31. The van der Waals surface area contributed by atoms with E-state index in [1.165, 1.54) is 0 Å². The maximum atomic E-state index is 12.5. The van der Waals surface area contributed by atoms with Crippen molar-refractivity contribution in [2.45, 2.75) is 19.5 Å². The molecule has 1 aromatic heterocycles. The average molecular weight is 355 g/mol. The van der Waals surface area contributed by atoms with Crippen molar-refractivity contribution in [3.63, 3.8) is 0 Å². The Morgan fingerprint density at radius 2 is 1.85 bits per heavy atom. The molecule has 1 atom stereocenters. The normalized spacial score (nSPS) is 16.2. The summed E-state index contributed by atoms with van der Waals surface area (Å²) >= 11 is 0. The fourth-order valence-electron chi connectivity index (χ4n) is 3.11. The van der Waals surface area contributed by atoms with Crippen molar-refractivity contribution in [1.29, 1.82) is 0 Å². The van der Waals surface area contributed by atoms with Gasteiger partial charge in [0.15, 0.2) is 0 Å². The Balaban J connectivity index is 1.50. The highest BCUT2D eigenvalue weighted by Crippen LogP contribution is 2.17. The van der Waals surface area contributed by atoms with E-state index in [0.717, 1.165) is 43.4 Å². The molecule has 1 amide bonds. The van der Waals surface area contributed by atoms with Gasteiger partial charge in [0.2, 0.25) is 11.9 Å². The van der Waals surface area contributed by atoms with Crippen LogP contribution in [0.25, 0.3) is 0 Å². The van der Waals surface area contributed by atoms with E-state index in [-0.39, 0.29) is 11.9 Å². The molecule has 0 radical (unpaired) electrons. The zero-order chi connectivity index (χ0) is 18.4. The zero-order valence-corrected chi connectivity index (χ0v) is 15.3. The van der Waals surface area contributed by atoms with Gasteiger partial charge in [0.05, 0.1) is 13.2 Å². The fourth-order valence-corrected chi connectivity index (χ4v) is 3.11. The van der Waals surface area contributed by atoms with Crippen LogP contribution in [0.4, 0.5) is 5.95 Å². The largest absolute Gasteiger partial charge is 0.496 e. The van der Waals surface area contributed by atoms with Crippen molar-refractivity contribution in [2.24, 2.45) is 0 Å². The Morgan fingerprint density at radius 3 is 2.54 bits per heavy atom. The highest BCUT2D eigenvalue weighted by molar-refractivity contribution is 5.81. The highest BCUT2D eigenvalue weighted by atomic mass is 16.5. The first-order valence-electron chi connectivity index (χ1n) is 8.84. The molecule has 0 aliphatic carbocycles. The molecule has 7 nitrogen and oxygen atoms in total. The summed E-state index contributed by atoms with van der Waals surface area (Å²) < 4.78 is 5.33. The molecule has 2 aromatic rings. The van der Waals surface area contributed by atoms with Crippen molar-refractivity contribution < 1.29 is 9.53 Å². The molecule has 0 spiro atoms. The van der Waals surface area contributed by atoms with Crippen LogP contribution in [-0.2, 0) is 11.3 Å². The number of carbonyl (C=O) groups excluding carboxylic acids is 1. The maximum Gasteiger partial charge on any atom is 0.237 e. The van der Waals surface area contributed by atoms with Crippen LogP contribution < -0.4 is 15.0 Å². The molecule has 138 valence electrons. The lowest BCUT2D eigenvalue weighted by atomic mass is 10.2. The number of carbonyl (C=O) groups is 1. The molecule has 0 bridgehead atoms. The summed E-state index contributed by atoms with van der Waals surface area (Å²) in [6.07, 6.45) is 3.51. The molecule has 1 saturated heterocycles. The van der Waals surface area contributed by atoms with Gasteiger partial charge in [-0.15, -0.1) is 0 Å². The van der Waals surface area contributed by atoms with Crippen LogP contribution in [0.2, 0.25) is 0 Å². The molecule has 3 rings (SSSR count). The number of nitrogens with zero attached hydrogens (tertiary/aromatic N) is 4. The first-order valence-corrected chi connectivity index (χ1v) is 8.84. The van der Waals surface area contributed by atoms with Crippen molar-refractivity contribution in [3.05, 3.63) is 48.3 Å². The van der Waals surface area contributed by atoms with Gasteiger partial charge in [-0.3, -0.25) is 9.69 Å². The number of para-hydroxylation sites is 1. The number of benzene rings is 1. The number of ether oxygens (including phenoxy) is 1. The number of anilines is 1. The van der Waals surface area contributed by atoms with E-state index >= 15 is 0 Å². The van der Waals surface area contributed by atoms with E-state index < -0.39 is 0 Å². The van der Waals surface area contributed by atoms with Crippen LogP contribution in [0.5, 0.6) is 5.75 Å². The number of hydrogen-bond acceptors (Lipinski definition) is 6. The molecule has 1 aliphatic heterocycles. The van der Waals surface area contributed by atoms with Gasteiger partial charge in [-0.1, -0.05) is 18.2 Å². The Labute approximate surface area is 154 Å². The van der Waals surface area contributed by atoms with Gasteiger partial charge in [0, 0.05) is 50.7 Å². The lowest BCUT2D eigenvalue weighted by Crippen LogP contribution is -2.54. The second kappa shape index (κ2) is 8.62. The summed E-state index contributed by atoms with van der Waals surface area (Å²) in [7, 11) is 1.64. The van der Waals surface area contributed by atoms with E-state index in [4.69, 9.17) is 4.74 Å². The van der Waals surface area contributed by atoms with E-state index in [1.54, 1.807) is 19.5 Å². The third kappa shape index (κ3) is 4.29. The molecule has 1 N–H and O–H groups in total. The van der Waals surface area contributed by atoms with E-state index in [2.05, 4.69) is 25.1 Å². The van der Waals surface area contributed by atoms with Gasteiger partial charge in [0.25, 0.3) is 0 Å². The third-order valence-electron chi connectivity index (χ3n) is 4.72. The predicted molar refractivity (Wildman–Crippen MR) is 100 cm³/mol. The number of hydrogen-bond donors (Lipinski definition) is 1. The van der Waals surface area contributed by atoms with Gasteiger partial charge in [0.1, 0.15) is 5.75 Å². The number of rotatable bonds is 6. The van der Waals surface area contributed by atoms with Gasteiger partial charge in [-0.25, -0.2) is 9.97 Å². The minimum Gasteiger partial charge on any atom is -0.496 e. The molecular weight excluding hydrogens is 330 g/mol. The molecule has 1 aliphatic rings. The van der Waals surface area contributed by atoms with Crippen molar-refractivity contribution >= 4 is 11.9 Å². The second-order valence-corrected chi connectivity index (χ2v) is 6.28. The van der Waals surface area contributed by atoms with Gasteiger partial charge in [-0.05, 0) is 19.1 Å². The minimum atomic E-state index is -0.177. The first-order chi connectivity index (χ1) is 12.7. The van der Waals surface area contributed by atoms with Crippen LogP contribution in [0.3, 0.4) is 0 Å². The lowest BCUT2D eigenvalue weighted by Gasteiger charge is -2.37. The first kappa shape index (κ1) is 18.1. The van der Waals surface area contributed by atoms with Gasteiger partial charge >= 0.3 is 0 Å². The molecule has 0 saturated carbocycles. The van der Waals surface area contributed by atoms with Crippen LogP contribution in [0.1, 0.15) is 12.5 Å². The Kier molecular flexibility index (Phi) is 6.01. The summed E-state index contributed by atoms with van der Waals surface area (Å²) in [5.41, 5.74) is 0.974. The Bertz CT molecular complexity index is 717. The summed E-state index contributed by atoms with van der Waals surface area (Å²) in [5.74, 6) is 1.57. The summed E-state index contributed by atoms with van der Waals surface area (Å²) in [4.78, 5) is 25.5. The second-order valence-electron chi connectivity index (χ2n) is 6.28. The van der Waals surface area contributed by atoms with Crippen molar-refractivity contribution in [3.8, 4) is 5.75 Å². The topological polar surface area (TPSA) is 70.6 Å². The maximum absolute atomic E-state index is 12.5. The Hall–Kier alpha value is -2.67. The van der Waals surface area contributed by atoms with Gasteiger partial charge < -0.3 is 15.0 Å². The monoisotopic (exact) mass is 355 g/mol. The van der Waals surface area contributed by atoms with Crippen LogP contribution >= 0.6 is 0 Å². The third-order valence-corrected chi connectivity index (χ3v) is 4.72. The van der Waals surface area contributed by atoms with Crippen LogP contribution in [0.15, 0.2) is 42.7 Å². The molecule has 1 aromatic carbocycles. The smallest absolute Gasteiger partial charge is 0.237 e. The fraction of sp³-hybridized carbons (Fsp3) is 0.421. The minimum absolute atomic E-state index is 0.0281. The SMILES string of the molecule is COc1ccccc1CNC(=O)[C@@H](C)N1CCN(c2ncccn2)CC1. The summed E-state index contributed by atoms with van der Waals surface area (Å²) in [5, 5.41) is 3.01. The quantitative estimate of drug-likeness (QED) is 0.843. The number of aromatic nitrogens is 2. The Morgan fingerprint density at radius 1 is 1.15 bits per heavy atom. The summed E-state index contributed by atoms with van der Waals surface area (Å²) in [6.45, 7) is 5.66. The van der Waals surface area contributed by atoms with Crippen LogP contribution in [0, 0.1) is 0 Å². The van der Waals surface area contributed by atoms with Crippen LogP contribution in [-0.4, -0.2) is 60.1 Å². The summed E-state index contributed by atoms with van der Waals surface area (Å²) in [6, 6.07) is 9.36. The van der Waals surface area contributed by atoms with E-state index in [9.17, 15) is 4.79 Å². The lowest BCUT2D eigenvalue weighted by molar-refractivity contribution is -0.126. The molecule has 1 fully saturated rings. The van der Waals surface area contributed by atoms with E-state index in [1.807, 2.05) is 37.3 Å². The number of methoxy groups -OCH3 is 1. The molecule has 26 heavy (non-hydrogen) atoms.